The van der Waals surface area contributed by atoms with Gasteiger partial charge in [-0.25, -0.2) is 4.79 Å². The third-order valence-electron chi connectivity index (χ3n) is 1.87. The van der Waals surface area contributed by atoms with E-state index >= 15 is 0 Å². The standard InChI is InChI=1S/C10H20N2O/c1-5-6-7-8-12(9(2)3)10(13)11-4/h5-6,9H,7-8H2,1-4H3,(H,11,13)/b6-5+. The molecule has 0 aromatic carbocycles. The van der Waals surface area contributed by atoms with Gasteiger partial charge in [0.2, 0.25) is 0 Å². The van der Waals surface area contributed by atoms with Gasteiger partial charge >= 0.3 is 6.03 Å². The van der Waals surface area contributed by atoms with Crippen molar-refractivity contribution in [1.82, 2.24) is 10.2 Å². The number of allylic oxidation sites excluding steroid dienone is 1. The van der Waals surface area contributed by atoms with Crippen LogP contribution in [0.3, 0.4) is 0 Å². The van der Waals surface area contributed by atoms with Gasteiger partial charge in [0.05, 0.1) is 0 Å². The van der Waals surface area contributed by atoms with Gasteiger partial charge in [0.1, 0.15) is 0 Å². The third-order valence-corrected chi connectivity index (χ3v) is 1.87. The zero-order valence-corrected chi connectivity index (χ0v) is 9.00. The lowest BCUT2D eigenvalue weighted by Gasteiger charge is -2.25. The number of hydrogen-bond donors (Lipinski definition) is 1. The van der Waals surface area contributed by atoms with Crippen molar-refractivity contribution < 1.29 is 4.79 Å². The van der Waals surface area contributed by atoms with Gasteiger partial charge in [-0.05, 0) is 27.2 Å². The molecule has 0 spiro atoms. The molecule has 13 heavy (non-hydrogen) atoms. The molecule has 0 aliphatic carbocycles. The predicted molar refractivity (Wildman–Crippen MR) is 55.7 cm³/mol. The monoisotopic (exact) mass is 184 g/mol. The van der Waals surface area contributed by atoms with Crippen molar-refractivity contribution in [2.45, 2.75) is 33.2 Å². The molecular weight excluding hydrogens is 164 g/mol. The van der Waals surface area contributed by atoms with Crippen LogP contribution in [-0.2, 0) is 0 Å². The minimum Gasteiger partial charge on any atom is -0.341 e. The summed E-state index contributed by atoms with van der Waals surface area (Å²) < 4.78 is 0. The Bertz CT molecular complexity index is 176. The Morgan fingerprint density at radius 1 is 1.54 bits per heavy atom. The van der Waals surface area contributed by atoms with E-state index in [1.165, 1.54) is 0 Å². The van der Waals surface area contributed by atoms with Crippen molar-refractivity contribution >= 4 is 6.03 Å². The quantitative estimate of drug-likeness (QED) is 0.666. The number of nitrogens with one attached hydrogen (secondary N) is 1. The normalized spacial score (nSPS) is 10.8. The molecule has 0 radical (unpaired) electrons. The molecule has 0 aromatic heterocycles. The van der Waals surface area contributed by atoms with E-state index in [4.69, 9.17) is 0 Å². The number of rotatable bonds is 4. The molecule has 0 aliphatic rings. The lowest BCUT2D eigenvalue weighted by Crippen LogP contribution is -2.42. The van der Waals surface area contributed by atoms with E-state index in [0.29, 0.717) is 0 Å². The molecule has 0 fully saturated rings. The Morgan fingerprint density at radius 2 is 2.15 bits per heavy atom. The minimum absolute atomic E-state index is 0.000460. The number of hydrogen-bond acceptors (Lipinski definition) is 1. The molecule has 0 atom stereocenters. The highest BCUT2D eigenvalue weighted by molar-refractivity contribution is 5.74. The summed E-state index contributed by atoms with van der Waals surface area (Å²) in [5, 5.41) is 2.64. The van der Waals surface area contributed by atoms with Crippen LogP contribution in [0.5, 0.6) is 0 Å². The predicted octanol–water partition coefficient (Wildman–Crippen LogP) is 2.00. The van der Waals surface area contributed by atoms with Gasteiger partial charge in [-0.15, -0.1) is 0 Å². The van der Waals surface area contributed by atoms with Crippen molar-refractivity contribution in [1.29, 1.82) is 0 Å². The van der Waals surface area contributed by atoms with Gasteiger partial charge in [0.25, 0.3) is 0 Å². The van der Waals surface area contributed by atoms with E-state index < -0.39 is 0 Å². The summed E-state index contributed by atoms with van der Waals surface area (Å²) >= 11 is 0. The van der Waals surface area contributed by atoms with Crippen LogP contribution < -0.4 is 5.32 Å². The van der Waals surface area contributed by atoms with Gasteiger partial charge in [-0.2, -0.15) is 0 Å². The number of carbonyl (C=O) groups excluding carboxylic acids is 1. The molecule has 1 N–H and O–H groups in total. The van der Waals surface area contributed by atoms with Crippen LogP contribution in [0.1, 0.15) is 27.2 Å². The van der Waals surface area contributed by atoms with E-state index in [1.54, 1.807) is 7.05 Å². The van der Waals surface area contributed by atoms with Crippen molar-refractivity contribution in [2.24, 2.45) is 0 Å². The molecule has 0 rings (SSSR count). The maximum Gasteiger partial charge on any atom is 0.317 e. The van der Waals surface area contributed by atoms with Gasteiger partial charge in [-0.1, -0.05) is 12.2 Å². The first kappa shape index (κ1) is 12.0. The molecule has 0 heterocycles. The Morgan fingerprint density at radius 3 is 2.54 bits per heavy atom. The summed E-state index contributed by atoms with van der Waals surface area (Å²) in [6, 6.07) is 0.254. The van der Waals surface area contributed by atoms with Crippen LogP contribution in [0.4, 0.5) is 4.79 Å². The van der Waals surface area contributed by atoms with Gasteiger partial charge in [0.15, 0.2) is 0 Å². The van der Waals surface area contributed by atoms with Crippen molar-refractivity contribution in [2.75, 3.05) is 13.6 Å². The smallest absolute Gasteiger partial charge is 0.317 e. The number of nitrogens with zero attached hydrogens (tertiary/aromatic N) is 1. The van der Waals surface area contributed by atoms with Crippen molar-refractivity contribution in [3.05, 3.63) is 12.2 Å². The highest BCUT2D eigenvalue weighted by atomic mass is 16.2. The fourth-order valence-corrected chi connectivity index (χ4v) is 1.12. The molecule has 3 heteroatoms. The second-order valence-electron chi connectivity index (χ2n) is 3.20. The highest BCUT2D eigenvalue weighted by Crippen LogP contribution is 2.00. The zero-order valence-electron chi connectivity index (χ0n) is 9.00. The number of carbonyl (C=O) groups is 1. The van der Waals surface area contributed by atoms with Crippen LogP contribution in [0.25, 0.3) is 0 Å². The third kappa shape index (κ3) is 4.55. The summed E-state index contributed by atoms with van der Waals surface area (Å²) in [6.07, 6.45) is 4.99. The number of amides is 2. The zero-order chi connectivity index (χ0) is 10.3. The second kappa shape index (κ2) is 6.52. The van der Waals surface area contributed by atoms with Gasteiger partial charge < -0.3 is 10.2 Å². The van der Waals surface area contributed by atoms with Crippen LogP contribution >= 0.6 is 0 Å². The topological polar surface area (TPSA) is 32.3 Å². The molecule has 0 saturated heterocycles. The van der Waals surface area contributed by atoms with Crippen LogP contribution in [0.2, 0.25) is 0 Å². The molecule has 3 nitrogen and oxygen atoms in total. The van der Waals surface area contributed by atoms with E-state index in [0.717, 1.165) is 13.0 Å². The molecular formula is C10H20N2O. The molecule has 2 amide bonds. The Labute approximate surface area is 80.8 Å². The van der Waals surface area contributed by atoms with Crippen LogP contribution in [0.15, 0.2) is 12.2 Å². The number of urea groups is 1. The first-order chi connectivity index (χ1) is 6.13. The van der Waals surface area contributed by atoms with Crippen molar-refractivity contribution in [3.63, 3.8) is 0 Å². The first-order valence-electron chi connectivity index (χ1n) is 4.73. The molecule has 0 aliphatic heterocycles. The average Bonchev–Trinajstić information content (AvgIpc) is 2.11. The Hall–Kier alpha value is -0.990. The fraction of sp³-hybridized carbons (Fsp3) is 0.700. The Kier molecular flexibility index (Phi) is 6.02. The lowest BCUT2D eigenvalue weighted by molar-refractivity contribution is 0.186. The largest absolute Gasteiger partial charge is 0.341 e. The van der Waals surface area contributed by atoms with E-state index in [2.05, 4.69) is 11.4 Å². The maximum atomic E-state index is 11.3. The SMILES string of the molecule is C/C=C/CCN(C(=O)NC)C(C)C. The Balaban J connectivity index is 4.02. The molecule has 0 aromatic rings. The summed E-state index contributed by atoms with van der Waals surface area (Å²) in [4.78, 5) is 13.2. The molecule has 0 unspecified atom stereocenters. The van der Waals surface area contributed by atoms with Crippen LogP contribution in [0, 0.1) is 0 Å². The molecule has 0 saturated carbocycles. The molecule has 76 valence electrons. The fourth-order valence-electron chi connectivity index (χ4n) is 1.12. The first-order valence-corrected chi connectivity index (χ1v) is 4.73. The molecule has 0 bridgehead atoms. The summed E-state index contributed by atoms with van der Waals surface area (Å²) in [5.41, 5.74) is 0. The average molecular weight is 184 g/mol. The summed E-state index contributed by atoms with van der Waals surface area (Å²) in [7, 11) is 1.66. The van der Waals surface area contributed by atoms with E-state index in [9.17, 15) is 4.79 Å². The lowest BCUT2D eigenvalue weighted by atomic mass is 10.3. The maximum absolute atomic E-state index is 11.3. The van der Waals surface area contributed by atoms with Gasteiger partial charge in [0, 0.05) is 19.6 Å². The second-order valence-corrected chi connectivity index (χ2v) is 3.20. The minimum atomic E-state index is -0.000460. The summed E-state index contributed by atoms with van der Waals surface area (Å²) in [5.74, 6) is 0. The van der Waals surface area contributed by atoms with Crippen molar-refractivity contribution in [3.8, 4) is 0 Å². The van der Waals surface area contributed by atoms with Crippen LogP contribution in [-0.4, -0.2) is 30.6 Å². The highest BCUT2D eigenvalue weighted by Gasteiger charge is 2.13. The van der Waals surface area contributed by atoms with E-state index in [1.807, 2.05) is 31.7 Å². The van der Waals surface area contributed by atoms with Gasteiger partial charge in [-0.3, -0.25) is 0 Å². The summed E-state index contributed by atoms with van der Waals surface area (Å²) in [6.45, 7) is 6.80. The van der Waals surface area contributed by atoms with E-state index in [-0.39, 0.29) is 12.1 Å².